The molecule has 0 unspecified atom stereocenters. The van der Waals surface area contributed by atoms with E-state index in [2.05, 4.69) is 10.3 Å². The molecule has 0 aliphatic rings. The van der Waals surface area contributed by atoms with Gasteiger partial charge in [0.2, 0.25) is 0 Å². The molecule has 0 atom stereocenters. The van der Waals surface area contributed by atoms with Crippen LogP contribution in [-0.4, -0.2) is 43.3 Å². The van der Waals surface area contributed by atoms with Crippen LogP contribution in [0.1, 0.15) is 31.4 Å². The van der Waals surface area contributed by atoms with Crippen molar-refractivity contribution in [3.63, 3.8) is 0 Å². The molecule has 0 saturated heterocycles. The number of thiazole rings is 1. The van der Waals surface area contributed by atoms with Crippen LogP contribution in [0.25, 0.3) is 0 Å². The van der Waals surface area contributed by atoms with E-state index in [0.29, 0.717) is 12.2 Å². The Hall–Kier alpha value is -3.59. The van der Waals surface area contributed by atoms with E-state index >= 15 is 0 Å². The van der Waals surface area contributed by atoms with Crippen LogP contribution in [0.3, 0.4) is 0 Å². The molecule has 0 aliphatic heterocycles. The second-order valence-corrected chi connectivity index (χ2v) is 7.11. The van der Waals surface area contributed by atoms with E-state index in [1.54, 1.807) is 12.5 Å². The largest absolute Gasteiger partial charge is 0.497 e. The lowest BCUT2D eigenvalue weighted by molar-refractivity contribution is 0.0697. The average Bonchev–Trinajstić information content (AvgIpc) is 3.22. The summed E-state index contributed by atoms with van der Waals surface area (Å²) in [6.07, 6.45) is 0.568. The Balaban J connectivity index is 1.78. The second-order valence-electron chi connectivity index (χ2n) is 6.16. The average molecular weight is 428 g/mol. The standard InChI is InChI=1S/C21H20N2O6S/c1-27-13-6-4-12(5-7-13)8-19-22-16(11-30-19)20(24)23-15-10-18(29-3)17(28-2)9-14(15)21(25)26/h4-7,9-11H,8H2,1-3H3,(H,23,24)(H,25,26). The molecule has 156 valence electrons. The Bertz CT molecular complexity index is 1060. The molecule has 0 aliphatic carbocycles. The quantitative estimate of drug-likeness (QED) is 0.563. The van der Waals surface area contributed by atoms with Crippen molar-refractivity contribution < 1.29 is 28.9 Å². The van der Waals surface area contributed by atoms with Crippen LogP contribution in [0.15, 0.2) is 41.8 Å². The first-order chi connectivity index (χ1) is 14.4. The van der Waals surface area contributed by atoms with Gasteiger partial charge in [-0.1, -0.05) is 12.1 Å². The summed E-state index contributed by atoms with van der Waals surface area (Å²) in [5.41, 5.74) is 1.21. The molecular formula is C21H20N2O6S. The number of nitrogens with zero attached hydrogens (tertiary/aromatic N) is 1. The summed E-state index contributed by atoms with van der Waals surface area (Å²) in [6.45, 7) is 0. The third-order valence-corrected chi connectivity index (χ3v) is 5.15. The summed E-state index contributed by atoms with van der Waals surface area (Å²) >= 11 is 1.35. The van der Waals surface area contributed by atoms with E-state index in [9.17, 15) is 14.7 Å². The lowest BCUT2D eigenvalue weighted by Gasteiger charge is -2.13. The van der Waals surface area contributed by atoms with Gasteiger partial charge in [0, 0.05) is 23.9 Å². The fourth-order valence-corrected chi connectivity index (χ4v) is 3.57. The summed E-state index contributed by atoms with van der Waals surface area (Å²) in [7, 11) is 4.44. The van der Waals surface area contributed by atoms with Crippen molar-refractivity contribution in [1.82, 2.24) is 4.98 Å². The van der Waals surface area contributed by atoms with Gasteiger partial charge in [0.15, 0.2) is 11.5 Å². The number of amides is 1. The van der Waals surface area contributed by atoms with Crippen LogP contribution in [0.5, 0.6) is 17.2 Å². The second kappa shape index (κ2) is 9.27. The van der Waals surface area contributed by atoms with E-state index in [-0.39, 0.29) is 22.7 Å². The molecule has 9 heteroatoms. The molecule has 0 bridgehead atoms. The minimum absolute atomic E-state index is 0.0925. The monoisotopic (exact) mass is 428 g/mol. The predicted molar refractivity (Wildman–Crippen MR) is 112 cm³/mol. The summed E-state index contributed by atoms with van der Waals surface area (Å²) in [5, 5.41) is 14.5. The highest BCUT2D eigenvalue weighted by Gasteiger charge is 2.20. The predicted octanol–water partition coefficient (Wildman–Crippen LogP) is 3.71. The van der Waals surface area contributed by atoms with Crippen LogP contribution >= 0.6 is 11.3 Å². The summed E-state index contributed by atoms with van der Waals surface area (Å²) in [6, 6.07) is 10.3. The van der Waals surface area contributed by atoms with Gasteiger partial charge in [-0.05, 0) is 17.7 Å². The molecule has 2 N–H and O–H groups in total. The van der Waals surface area contributed by atoms with Gasteiger partial charge in [-0.3, -0.25) is 4.79 Å². The summed E-state index contributed by atoms with van der Waals surface area (Å²) in [4.78, 5) is 28.6. The highest BCUT2D eigenvalue weighted by atomic mass is 32.1. The number of aromatic nitrogens is 1. The number of rotatable bonds is 8. The zero-order chi connectivity index (χ0) is 21.7. The maximum atomic E-state index is 12.6. The van der Waals surface area contributed by atoms with Crippen molar-refractivity contribution in [3.8, 4) is 17.2 Å². The third kappa shape index (κ3) is 4.69. The van der Waals surface area contributed by atoms with E-state index in [1.165, 1.54) is 37.7 Å². The lowest BCUT2D eigenvalue weighted by atomic mass is 10.1. The molecule has 3 aromatic rings. The van der Waals surface area contributed by atoms with E-state index in [4.69, 9.17) is 14.2 Å². The fraction of sp³-hybridized carbons (Fsp3) is 0.190. The molecule has 0 spiro atoms. The Morgan fingerprint density at radius 1 is 1.03 bits per heavy atom. The van der Waals surface area contributed by atoms with Gasteiger partial charge in [-0.25, -0.2) is 9.78 Å². The number of anilines is 1. The smallest absolute Gasteiger partial charge is 0.337 e. The van der Waals surface area contributed by atoms with Crippen LogP contribution in [0.2, 0.25) is 0 Å². The first-order valence-electron chi connectivity index (χ1n) is 8.83. The number of methoxy groups -OCH3 is 3. The number of carbonyl (C=O) groups is 2. The first kappa shape index (κ1) is 21.1. The summed E-state index contributed by atoms with van der Waals surface area (Å²) < 4.78 is 15.5. The number of carboxylic acids is 1. The molecule has 1 aromatic heterocycles. The van der Waals surface area contributed by atoms with Gasteiger partial charge in [0.25, 0.3) is 5.91 Å². The third-order valence-electron chi connectivity index (χ3n) is 4.30. The van der Waals surface area contributed by atoms with Crippen LogP contribution in [-0.2, 0) is 6.42 Å². The molecule has 1 amide bonds. The molecular weight excluding hydrogens is 408 g/mol. The van der Waals surface area contributed by atoms with Crippen molar-refractivity contribution in [1.29, 1.82) is 0 Å². The topological polar surface area (TPSA) is 107 Å². The number of hydrogen-bond donors (Lipinski definition) is 2. The van der Waals surface area contributed by atoms with Gasteiger partial charge >= 0.3 is 5.97 Å². The van der Waals surface area contributed by atoms with Gasteiger partial charge < -0.3 is 24.6 Å². The van der Waals surface area contributed by atoms with Crippen molar-refractivity contribution in [2.75, 3.05) is 26.6 Å². The van der Waals surface area contributed by atoms with Gasteiger partial charge in [-0.2, -0.15) is 0 Å². The maximum absolute atomic E-state index is 12.6. The van der Waals surface area contributed by atoms with Crippen molar-refractivity contribution >= 4 is 28.9 Å². The Kier molecular flexibility index (Phi) is 6.53. The first-order valence-corrected chi connectivity index (χ1v) is 9.71. The minimum Gasteiger partial charge on any atom is -0.497 e. The number of carboxylic acid groups (broad SMARTS) is 1. The highest BCUT2D eigenvalue weighted by Crippen LogP contribution is 2.33. The molecule has 0 fully saturated rings. The molecule has 30 heavy (non-hydrogen) atoms. The zero-order valence-electron chi connectivity index (χ0n) is 16.6. The number of benzene rings is 2. The number of ether oxygens (including phenoxy) is 3. The molecule has 8 nitrogen and oxygen atoms in total. The number of hydrogen-bond acceptors (Lipinski definition) is 7. The van der Waals surface area contributed by atoms with E-state index in [0.717, 1.165) is 16.3 Å². The number of nitrogens with one attached hydrogen (secondary N) is 1. The Morgan fingerprint density at radius 2 is 1.70 bits per heavy atom. The molecule has 1 heterocycles. The van der Waals surface area contributed by atoms with Gasteiger partial charge in [0.05, 0.1) is 37.6 Å². The molecule has 3 rings (SSSR count). The molecule has 0 saturated carbocycles. The molecule has 0 radical (unpaired) electrons. The van der Waals surface area contributed by atoms with Crippen molar-refractivity contribution in [2.24, 2.45) is 0 Å². The fourth-order valence-electron chi connectivity index (χ4n) is 2.76. The summed E-state index contributed by atoms with van der Waals surface area (Å²) in [5.74, 6) is -0.395. The van der Waals surface area contributed by atoms with Crippen LogP contribution in [0.4, 0.5) is 5.69 Å². The van der Waals surface area contributed by atoms with E-state index < -0.39 is 11.9 Å². The number of aromatic carboxylic acids is 1. The SMILES string of the molecule is COc1ccc(Cc2nc(C(=O)Nc3cc(OC)c(OC)cc3C(=O)O)cs2)cc1. The maximum Gasteiger partial charge on any atom is 0.337 e. The Morgan fingerprint density at radius 3 is 2.30 bits per heavy atom. The van der Waals surface area contributed by atoms with Gasteiger partial charge in [0.1, 0.15) is 11.4 Å². The lowest BCUT2D eigenvalue weighted by Crippen LogP contribution is -2.15. The van der Waals surface area contributed by atoms with Crippen LogP contribution in [0, 0.1) is 0 Å². The van der Waals surface area contributed by atoms with Crippen molar-refractivity contribution in [3.05, 3.63) is 63.6 Å². The minimum atomic E-state index is -1.20. The normalized spacial score (nSPS) is 10.4. The highest BCUT2D eigenvalue weighted by molar-refractivity contribution is 7.09. The Labute approximate surface area is 177 Å². The van der Waals surface area contributed by atoms with E-state index in [1.807, 2.05) is 24.3 Å². The molecule has 2 aromatic carbocycles. The zero-order valence-corrected chi connectivity index (χ0v) is 17.4. The van der Waals surface area contributed by atoms with Crippen LogP contribution < -0.4 is 19.5 Å². The number of carbonyl (C=O) groups excluding carboxylic acids is 1. The van der Waals surface area contributed by atoms with Gasteiger partial charge in [-0.15, -0.1) is 11.3 Å². The van der Waals surface area contributed by atoms with Crippen molar-refractivity contribution in [2.45, 2.75) is 6.42 Å².